The van der Waals surface area contributed by atoms with E-state index in [9.17, 15) is 4.79 Å². The number of benzene rings is 1. The number of hydrogen-bond acceptors (Lipinski definition) is 3. The van der Waals surface area contributed by atoms with Crippen LogP contribution in [0.15, 0.2) is 41.8 Å². The van der Waals surface area contributed by atoms with E-state index in [0.29, 0.717) is 13.1 Å². The number of amides is 1. The van der Waals surface area contributed by atoms with E-state index in [1.165, 1.54) is 4.88 Å². The molecule has 2 heterocycles. The standard InChI is InChI=1S/C19H20N2OS/c1-4-21(12-15-6-5-9-23-15)19(22)17-11-14(3)20-18-8-7-13(2)10-16(17)18/h5-11H,4,12H2,1-3H3. The van der Waals surface area contributed by atoms with Crippen LogP contribution in [-0.2, 0) is 6.54 Å². The van der Waals surface area contributed by atoms with Crippen molar-refractivity contribution in [1.82, 2.24) is 9.88 Å². The SMILES string of the molecule is CCN(Cc1cccs1)C(=O)c1cc(C)nc2ccc(C)cc12. The Balaban J connectivity index is 2.03. The van der Waals surface area contributed by atoms with Crippen LogP contribution in [0.2, 0.25) is 0 Å². The lowest BCUT2D eigenvalue weighted by Crippen LogP contribution is -2.30. The smallest absolute Gasteiger partial charge is 0.254 e. The van der Waals surface area contributed by atoms with Gasteiger partial charge in [-0.1, -0.05) is 17.7 Å². The Morgan fingerprint density at radius 2 is 2.04 bits per heavy atom. The van der Waals surface area contributed by atoms with Crippen molar-refractivity contribution in [3.8, 4) is 0 Å². The largest absolute Gasteiger partial charge is 0.334 e. The number of rotatable bonds is 4. The monoisotopic (exact) mass is 324 g/mol. The van der Waals surface area contributed by atoms with E-state index in [2.05, 4.69) is 11.1 Å². The molecule has 0 unspecified atom stereocenters. The van der Waals surface area contributed by atoms with Crippen LogP contribution >= 0.6 is 11.3 Å². The van der Waals surface area contributed by atoms with Gasteiger partial charge in [0.2, 0.25) is 0 Å². The molecule has 1 amide bonds. The maximum absolute atomic E-state index is 13.1. The zero-order chi connectivity index (χ0) is 16.4. The molecule has 0 saturated heterocycles. The molecule has 23 heavy (non-hydrogen) atoms. The van der Waals surface area contributed by atoms with Crippen molar-refractivity contribution in [3.63, 3.8) is 0 Å². The van der Waals surface area contributed by atoms with Crippen LogP contribution in [0.1, 0.15) is 33.4 Å². The predicted octanol–water partition coefficient (Wildman–Crippen LogP) is 4.58. The molecule has 0 fully saturated rings. The molecular formula is C19H20N2OS. The van der Waals surface area contributed by atoms with E-state index in [0.717, 1.165) is 27.7 Å². The highest BCUT2D eigenvalue weighted by molar-refractivity contribution is 7.09. The number of hydrogen-bond donors (Lipinski definition) is 0. The molecule has 2 aromatic heterocycles. The van der Waals surface area contributed by atoms with Gasteiger partial charge in [-0.3, -0.25) is 9.78 Å². The summed E-state index contributed by atoms with van der Waals surface area (Å²) in [6.45, 7) is 7.34. The van der Waals surface area contributed by atoms with Gasteiger partial charge in [-0.05, 0) is 50.4 Å². The summed E-state index contributed by atoms with van der Waals surface area (Å²) in [5.41, 5.74) is 3.64. The van der Waals surface area contributed by atoms with Gasteiger partial charge in [0, 0.05) is 22.5 Å². The minimum Gasteiger partial charge on any atom is -0.334 e. The molecule has 3 aromatic rings. The fourth-order valence-electron chi connectivity index (χ4n) is 2.74. The first-order valence-electron chi connectivity index (χ1n) is 7.78. The van der Waals surface area contributed by atoms with Crippen LogP contribution in [-0.4, -0.2) is 22.3 Å². The van der Waals surface area contributed by atoms with Gasteiger partial charge in [-0.25, -0.2) is 0 Å². The Labute approximate surface area is 140 Å². The zero-order valence-electron chi connectivity index (χ0n) is 13.7. The van der Waals surface area contributed by atoms with Crippen molar-refractivity contribution in [3.05, 3.63) is 63.5 Å². The summed E-state index contributed by atoms with van der Waals surface area (Å²) < 4.78 is 0. The first kappa shape index (κ1) is 15.7. The molecule has 118 valence electrons. The molecule has 0 aliphatic heterocycles. The third-order valence-electron chi connectivity index (χ3n) is 3.92. The van der Waals surface area contributed by atoms with Crippen molar-refractivity contribution < 1.29 is 4.79 Å². The summed E-state index contributed by atoms with van der Waals surface area (Å²) in [5.74, 6) is 0.0713. The summed E-state index contributed by atoms with van der Waals surface area (Å²) >= 11 is 1.68. The van der Waals surface area contributed by atoms with Crippen LogP contribution < -0.4 is 0 Å². The summed E-state index contributed by atoms with van der Waals surface area (Å²) in [7, 11) is 0. The lowest BCUT2D eigenvalue weighted by atomic mass is 10.0. The Hall–Kier alpha value is -2.20. The molecule has 4 heteroatoms. The van der Waals surface area contributed by atoms with Crippen molar-refractivity contribution in [2.24, 2.45) is 0 Å². The van der Waals surface area contributed by atoms with Gasteiger partial charge in [-0.2, -0.15) is 0 Å². The lowest BCUT2D eigenvalue weighted by Gasteiger charge is -2.21. The summed E-state index contributed by atoms with van der Waals surface area (Å²) in [6, 6.07) is 12.1. The van der Waals surface area contributed by atoms with Gasteiger partial charge in [-0.15, -0.1) is 11.3 Å². The molecule has 1 aromatic carbocycles. The normalized spacial score (nSPS) is 10.9. The molecule has 3 rings (SSSR count). The summed E-state index contributed by atoms with van der Waals surface area (Å²) in [5, 5.41) is 2.98. The third-order valence-corrected chi connectivity index (χ3v) is 4.78. The molecule has 0 bridgehead atoms. The molecule has 0 spiro atoms. The summed E-state index contributed by atoms with van der Waals surface area (Å²) in [4.78, 5) is 20.7. The van der Waals surface area contributed by atoms with E-state index >= 15 is 0 Å². The molecule has 0 N–H and O–H groups in total. The number of fused-ring (bicyclic) bond motifs is 1. The molecular weight excluding hydrogens is 304 g/mol. The zero-order valence-corrected chi connectivity index (χ0v) is 14.5. The van der Waals surface area contributed by atoms with Crippen molar-refractivity contribution in [1.29, 1.82) is 0 Å². The van der Waals surface area contributed by atoms with Crippen LogP contribution in [0.4, 0.5) is 0 Å². The van der Waals surface area contributed by atoms with Crippen LogP contribution in [0, 0.1) is 13.8 Å². The molecule has 0 aliphatic rings. The van der Waals surface area contributed by atoms with E-state index < -0.39 is 0 Å². The predicted molar refractivity (Wildman–Crippen MR) is 96.0 cm³/mol. The molecule has 0 radical (unpaired) electrons. The van der Waals surface area contributed by atoms with Gasteiger partial charge >= 0.3 is 0 Å². The van der Waals surface area contributed by atoms with Crippen molar-refractivity contribution in [2.75, 3.05) is 6.54 Å². The van der Waals surface area contributed by atoms with E-state index in [-0.39, 0.29) is 5.91 Å². The average Bonchev–Trinajstić information content (AvgIpc) is 3.04. The lowest BCUT2D eigenvalue weighted by molar-refractivity contribution is 0.0756. The van der Waals surface area contributed by atoms with E-state index in [1.807, 2.05) is 61.4 Å². The fraction of sp³-hybridized carbons (Fsp3) is 0.263. The number of carbonyl (C=O) groups is 1. The minimum absolute atomic E-state index is 0.0713. The summed E-state index contributed by atoms with van der Waals surface area (Å²) in [6.07, 6.45) is 0. The van der Waals surface area contributed by atoms with E-state index in [1.54, 1.807) is 11.3 Å². The van der Waals surface area contributed by atoms with Crippen LogP contribution in [0.5, 0.6) is 0 Å². The first-order chi connectivity index (χ1) is 11.1. The van der Waals surface area contributed by atoms with Gasteiger partial charge < -0.3 is 4.90 Å². The second-order valence-electron chi connectivity index (χ2n) is 5.73. The van der Waals surface area contributed by atoms with Crippen LogP contribution in [0.25, 0.3) is 10.9 Å². The maximum atomic E-state index is 13.1. The Morgan fingerprint density at radius 3 is 2.74 bits per heavy atom. The minimum atomic E-state index is 0.0713. The van der Waals surface area contributed by atoms with Crippen LogP contribution in [0.3, 0.4) is 0 Å². The van der Waals surface area contributed by atoms with E-state index in [4.69, 9.17) is 0 Å². The average molecular weight is 324 g/mol. The third kappa shape index (κ3) is 3.27. The second kappa shape index (κ2) is 6.50. The second-order valence-corrected chi connectivity index (χ2v) is 6.76. The topological polar surface area (TPSA) is 33.2 Å². The number of thiophene rings is 1. The number of aromatic nitrogens is 1. The number of aryl methyl sites for hydroxylation is 2. The highest BCUT2D eigenvalue weighted by Crippen LogP contribution is 2.23. The highest BCUT2D eigenvalue weighted by atomic mass is 32.1. The molecule has 3 nitrogen and oxygen atoms in total. The van der Waals surface area contributed by atoms with Gasteiger partial charge in [0.1, 0.15) is 0 Å². The van der Waals surface area contributed by atoms with Crippen molar-refractivity contribution >= 4 is 28.1 Å². The Kier molecular flexibility index (Phi) is 4.44. The first-order valence-corrected chi connectivity index (χ1v) is 8.66. The highest BCUT2D eigenvalue weighted by Gasteiger charge is 2.18. The number of nitrogens with zero attached hydrogens (tertiary/aromatic N) is 2. The number of carbonyl (C=O) groups excluding carboxylic acids is 1. The number of pyridine rings is 1. The Morgan fingerprint density at radius 1 is 1.22 bits per heavy atom. The van der Waals surface area contributed by atoms with Crippen molar-refractivity contribution in [2.45, 2.75) is 27.3 Å². The molecule has 0 atom stereocenters. The maximum Gasteiger partial charge on any atom is 0.254 e. The van der Waals surface area contributed by atoms with Gasteiger partial charge in [0.25, 0.3) is 5.91 Å². The van der Waals surface area contributed by atoms with Gasteiger partial charge in [0.15, 0.2) is 0 Å². The molecule has 0 aliphatic carbocycles. The fourth-order valence-corrected chi connectivity index (χ4v) is 3.46. The van der Waals surface area contributed by atoms with Gasteiger partial charge in [0.05, 0.1) is 17.6 Å². The quantitative estimate of drug-likeness (QED) is 0.704. The Bertz CT molecular complexity index is 840. The molecule has 0 saturated carbocycles.